The zero-order chi connectivity index (χ0) is 27.4. The molecule has 0 saturated carbocycles. The van der Waals surface area contributed by atoms with Crippen molar-refractivity contribution in [1.82, 2.24) is 15.2 Å². The fourth-order valence-corrected chi connectivity index (χ4v) is 5.87. The first-order valence-electron chi connectivity index (χ1n) is 13.0. The number of nitrogens with one attached hydrogen (secondary N) is 1. The number of nitriles is 1. The van der Waals surface area contributed by atoms with Crippen LogP contribution in [0.25, 0.3) is 0 Å². The topological polar surface area (TPSA) is 98.6 Å². The van der Waals surface area contributed by atoms with Gasteiger partial charge in [-0.25, -0.2) is 9.78 Å². The number of nitrogens with zero attached hydrogens (tertiary/aromatic N) is 4. The number of likely N-dealkylation sites (N-methyl/N-ethyl adjacent to an activating group) is 1. The number of anilines is 1. The Balaban J connectivity index is 1.41. The zero-order valence-electron chi connectivity index (χ0n) is 21.7. The molecule has 2 fully saturated rings. The molecule has 0 spiro atoms. The predicted molar refractivity (Wildman–Crippen MR) is 149 cm³/mol. The van der Waals surface area contributed by atoms with Crippen LogP contribution in [0.5, 0.6) is 5.75 Å². The molecular formula is C30H30ClN5O3. The SMILES string of the molecule is CN(C(=O)Oc1ccccc1)[C@]1(C(=O)C2CCN(c3ccc(C#N)cn3)CC2)CNC[C@H]1c1ccc(Cl)cc1. The molecular weight excluding hydrogens is 514 g/mol. The fraction of sp³-hybridized carbons (Fsp3) is 0.333. The molecule has 2 atom stereocenters. The summed E-state index contributed by atoms with van der Waals surface area (Å²) >= 11 is 6.17. The van der Waals surface area contributed by atoms with E-state index in [2.05, 4.69) is 21.3 Å². The number of amides is 1. The van der Waals surface area contributed by atoms with Gasteiger partial charge in [0.2, 0.25) is 0 Å². The lowest BCUT2D eigenvalue weighted by Crippen LogP contribution is -2.62. The van der Waals surface area contributed by atoms with Gasteiger partial charge in [-0.2, -0.15) is 5.26 Å². The number of hydrogen-bond acceptors (Lipinski definition) is 7. The van der Waals surface area contributed by atoms with Crippen molar-refractivity contribution in [2.45, 2.75) is 24.3 Å². The van der Waals surface area contributed by atoms with E-state index < -0.39 is 11.6 Å². The van der Waals surface area contributed by atoms with E-state index in [1.807, 2.05) is 36.4 Å². The van der Waals surface area contributed by atoms with Crippen molar-refractivity contribution < 1.29 is 14.3 Å². The predicted octanol–water partition coefficient (Wildman–Crippen LogP) is 4.65. The molecule has 2 aliphatic heterocycles. The minimum atomic E-state index is -1.13. The molecule has 3 heterocycles. The standard InChI is InChI=1S/C30H30ClN5O3/c1-35(29(38)39-25-5-3-2-4-6-25)30(20-33-19-26(30)22-8-10-24(31)11-9-22)28(37)23-13-15-36(16-14-23)27-12-7-21(17-32)18-34-27/h2-12,18,23,26,33H,13-16,19-20H2,1H3/t26-,30+/m0/s1. The van der Waals surface area contributed by atoms with E-state index in [9.17, 15) is 9.59 Å². The van der Waals surface area contributed by atoms with Crippen LogP contribution in [0.3, 0.4) is 0 Å². The molecule has 200 valence electrons. The van der Waals surface area contributed by atoms with E-state index in [-0.39, 0.29) is 17.6 Å². The zero-order valence-corrected chi connectivity index (χ0v) is 22.5. The van der Waals surface area contributed by atoms with Gasteiger partial charge >= 0.3 is 6.09 Å². The molecule has 1 N–H and O–H groups in total. The van der Waals surface area contributed by atoms with Gasteiger partial charge in [0.05, 0.1) is 5.56 Å². The average molecular weight is 544 g/mol. The Morgan fingerprint density at radius 3 is 2.46 bits per heavy atom. The second-order valence-corrected chi connectivity index (χ2v) is 10.5. The Kier molecular flexibility index (Phi) is 7.82. The van der Waals surface area contributed by atoms with Gasteiger partial charge in [0.1, 0.15) is 23.2 Å². The van der Waals surface area contributed by atoms with Crippen LogP contribution in [0.1, 0.15) is 29.9 Å². The summed E-state index contributed by atoms with van der Waals surface area (Å²) in [7, 11) is 1.66. The van der Waals surface area contributed by atoms with Gasteiger partial charge in [0, 0.05) is 56.3 Å². The Morgan fingerprint density at radius 1 is 1.10 bits per heavy atom. The van der Waals surface area contributed by atoms with E-state index in [4.69, 9.17) is 21.6 Å². The van der Waals surface area contributed by atoms with Crippen LogP contribution in [0, 0.1) is 17.2 Å². The van der Waals surface area contributed by atoms with E-state index in [1.54, 1.807) is 43.6 Å². The number of piperidine rings is 1. The number of ether oxygens (including phenoxy) is 1. The third-order valence-corrected chi connectivity index (χ3v) is 8.16. The summed E-state index contributed by atoms with van der Waals surface area (Å²) < 4.78 is 5.69. The van der Waals surface area contributed by atoms with Crippen molar-refractivity contribution in [3.8, 4) is 11.8 Å². The number of aromatic nitrogens is 1. The molecule has 0 aliphatic carbocycles. The summed E-state index contributed by atoms with van der Waals surface area (Å²) in [6.45, 7) is 2.19. The van der Waals surface area contributed by atoms with E-state index in [0.29, 0.717) is 55.4 Å². The minimum absolute atomic E-state index is 0.0346. The number of carbonyl (C=O) groups is 2. The van der Waals surface area contributed by atoms with Crippen LogP contribution in [0.2, 0.25) is 5.02 Å². The van der Waals surface area contributed by atoms with Crippen LogP contribution in [0.4, 0.5) is 10.6 Å². The summed E-state index contributed by atoms with van der Waals surface area (Å²) in [4.78, 5) is 36.0. The molecule has 2 aromatic carbocycles. The van der Waals surface area contributed by atoms with Gasteiger partial charge < -0.3 is 15.0 Å². The molecule has 2 saturated heterocycles. The highest BCUT2D eigenvalue weighted by molar-refractivity contribution is 6.30. The van der Waals surface area contributed by atoms with Crippen LogP contribution in [-0.2, 0) is 4.79 Å². The molecule has 3 aromatic rings. The van der Waals surface area contributed by atoms with Gasteiger partial charge in [-0.15, -0.1) is 0 Å². The molecule has 1 amide bonds. The molecule has 2 aliphatic rings. The van der Waals surface area contributed by atoms with E-state index >= 15 is 0 Å². The largest absolute Gasteiger partial charge is 0.415 e. The van der Waals surface area contributed by atoms with Crippen molar-refractivity contribution in [2.24, 2.45) is 5.92 Å². The van der Waals surface area contributed by atoms with Gasteiger partial charge in [-0.3, -0.25) is 9.69 Å². The summed E-state index contributed by atoms with van der Waals surface area (Å²) in [6, 6.07) is 22.1. The molecule has 1 aromatic heterocycles. The molecule has 0 radical (unpaired) electrons. The second-order valence-electron chi connectivity index (χ2n) is 10.0. The number of carbonyl (C=O) groups excluding carboxylic acids is 2. The summed E-state index contributed by atoms with van der Waals surface area (Å²) in [5, 5.41) is 13.1. The Morgan fingerprint density at radius 2 is 1.82 bits per heavy atom. The lowest BCUT2D eigenvalue weighted by atomic mass is 9.72. The fourth-order valence-electron chi connectivity index (χ4n) is 5.75. The molecule has 8 nitrogen and oxygen atoms in total. The van der Waals surface area contributed by atoms with Gasteiger partial charge in [0.15, 0.2) is 5.78 Å². The Hall–Kier alpha value is -3.93. The first kappa shape index (κ1) is 26.7. The summed E-state index contributed by atoms with van der Waals surface area (Å²) in [6.07, 6.45) is 2.26. The smallest absolute Gasteiger partial charge is 0.410 e. The minimum Gasteiger partial charge on any atom is -0.410 e. The quantitative estimate of drug-likeness (QED) is 0.483. The number of pyridine rings is 1. The maximum absolute atomic E-state index is 14.5. The number of para-hydroxylation sites is 1. The van der Waals surface area contributed by atoms with E-state index in [0.717, 1.165) is 11.4 Å². The number of hydrogen-bond donors (Lipinski definition) is 1. The van der Waals surface area contributed by atoms with Crippen molar-refractivity contribution in [3.05, 3.63) is 89.1 Å². The Labute approximate surface area is 233 Å². The van der Waals surface area contributed by atoms with Crippen molar-refractivity contribution in [1.29, 1.82) is 5.26 Å². The monoisotopic (exact) mass is 543 g/mol. The van der Waals surface area contributed by atoms with E-state index in [1.165, 1.54) is 4.90 Å². The van der Waals surface area contributed by atoms with Crippen LogP contribution < -0.4 is 15.0 Å². The highest BCUT2D eigenvalue weighted by Gasteiger charge is 2.56. The highest BCUT2D eigenvalue weighted by Crippen LogP contribution is 2.41. The molecule has 0 bridgehead atoms. The van der Waals surface area contributed by atoms with Crippen molar-refractivity contribution in [2.75, 3.05) is 38.1 Å². The summed E-state index contributed by atoms with van der Waals surface area (Å²) in [5.74, 6) is 0.747. The van der Waals surface area contributed by atoms with Gasteiger partial charge in [-0.05, 0) is 54.8 Å². The third-order valence-electron chi connectivity index (χ3n) is 7.91. The molecule has 9 heteroatoms. The number of ketones is 1. The normalized spacial score (nSPS) is 21.3. The number of rotatable bonds is 6. The van der Waals surface area contributed by atoms with Crippen LogP contribution in [0.15, 0.2) is 72.9 Å². The average Bonchev–Trinajstić information content (AvgIpc) is 3.43. The highest BCUT2D eigenvalue weighted by atomic mass is 35.5. The van der Waals surface area contributed by atoms with Gasteiger partial charge in [0.25, 0.3) is 0 Å². The van der Waals surface area contributed by atoms with Crippen molar-refractivity contribution in [3.63, 3.8) is 0 Å². The molecule has 5 rings (SSSR count). The maximum atomic E-state index is 14.5. The Bertz CT molecular complexity index is 1350. The maximum Gasteiger partial charge on any atom is 0.415 e. The molecule has 39 heavy (non-hydrogen) atoms. The van der Waals surface area contributed by atoms with Gasteiger partial charge in [-0.1, -0.05) is 41.9 Å². The lowest BCUT2D eigenvalue weighted by molar-refractivity contribution is -0.134. The van der Waals surface area contributed by atoms with Crippen LogP contribution in [-0.4, -0.2) is 60.5 Å². The molecule has 0 unspecified atom stereocenters. The number of Topliss-reactive ketones (excluding diaryl/α,β-unsaturated/α-hetero) is 1. The lowest BCUT2D eigenvalue weighted by Gasteiger charge is -2.44. The first-order valence-corrected chi connectivity index (χ1v) is 13.4. The third kappa shape index (κ3) is 5.33. The van der Waals surface area contributed by atoms with Crippen LogP contribution >= 0.6 is 11.6 Å². The number of benzene rings is 2. The second kappa shape index (κ2) is 11.4. The first-order chi connectivity index (χ1) is 18.9. The summed E-state index contributed by atoms with van der Waals surface area (Å²) in [5.41, 5.74) is 0.327. The van der Waals surface area contributed by atoms with Crippen molar-refractivity contribution >= 4 is 29.3 Å². The number of halogens is 1.